The molecule has 3 rings (SSSR count). The molecule has 1 N–H and O–H groups in total. The van der Waals surface area contributed by atoms with E-state index in [0.29, 0.717) is 15.2 Å². The number of ether oxygens (including phenoxy) is 1. The molecule has 0 unspecified atom stereocenters. The standard InChI is InChI=1S/C14H12N2O2S2/c1-18-10-4-2-9(3-5-10)8-16-11-6-7-15-13(17)12(11)20-14(16)19/h2-7H,8H2,1H3,(H,15,17). The Morgan fingerprint density at radius 2 is 2.05 bits per heavy atom. The van der Waals surface area contributed by atoms with Gasteiger partial charge in [0.1, 0.15) is 10.4 Å². The number of hydrogen-bond acceptors (Lipinski definition) is 4. The predicted octanol–water partition coefficient (Wildman–Crippen LogP) is 3.18. The van der Waals surface area contributed by atoms with Gasteiger partial charge in [-0.25, -0.2) is 0 Å². The normalized spacial score (nSPS) is 10.8. The van der Waals surface area contributed by atoms with Gasteiger partial charge in [0, 0.05) is 12.7 Å². The largest absolute Gasteiger partial charge is 0.497 e. The molecule has 0 radical (unpaired) electrons. The van der Waals surface area contributed by atoms with E-state index in [-0.39, 0.29) is 5.56 Å². The first kappa shape index (κ1) is 13.1. The molecule has 0 bridgehead atoms. The van der Waals surface area contributed by atoms with Crippen LogP contribution >= 0.6 is 23.6 Å². The molecule has 3 aromatic rings. The lowest BCUT2D eigenvalue weighted by atomic mass is 10.2. The Balaban J connectivity index is 2.06. The van der Waals surface area contributed by atoms with E-state index in [2.05, 4.69) is 4.98 Å². The van der Waals surface area contributed by atoms with Gasteiger partial charge in [0.2, 0.25) is 0 Å². The Kier molecular flexibility index (Phi) is 3.42. The summed E-state index contributed by atoms with van der Waals surface area (Å²) in [7, 11) is 1.64. The van der Waals surface area contributed by atoms with Crippen LogP contribution in [0.5, 0.6) is 5.75 Å². The Hall–Kier alpha value is -1.92. The van der Waals surface area contributed by atoms with Gasteiger partial charge < -0.3 is 14.3 Å². The molecule has 0 atom stereocenters. The molecule has 0 amide bonds. The lowest BCUT2D eigenvalue weighted by molar-refractivity contribution is 0.414. The summed E-state index contributed by atoms with van der Waals surface area (Å²) >= 11 is 6.71. The number of fused-ring (bicyclic) bond motifs is 1. The highest BCUT2D eigenvalue weighted by Gasteiger charge is 2.08. The third kappa shape index (κ3) is 2.28. The van der Waals surface area contributed by atoms with Gasteiger partial charge >= 0.3 is 0 Å². The maximum atomic E-state index is 11.8. The molecular formula is C14H12N2O2S2. The van der Waals surface area contributed by atoms with Gasteiger partial charge in [-0.15, -0.1) is 0 Å². The summed E-state index contributed by atoms with van der Waals surface area (Å²) in [6.07, 6.45) is 1.65. The maximum absolute atomic E-state index is 11.8. The molecular weight excluding hydrogens is 292 g/mol. The van der Waals surface area contributed by atoms with Crippen molar-refractivity contribution in [2.75, 3.05) is 7.11 Å². The first-order valence-electron chi connectivity index (χ1n) is 6.03. The fourth-order valence-corrected chi connectivity index (χ4v) is 3.36. The molecule has 102 valence electrons. The second kappa shape index (κ2) is 5.22. The van der Waals surface area contributed by atoms with E-state index in [1.807, 2.05) is 34.9 Å². The average molecular weight is 304 g/mol. The monoisotopic (exact) mass is 304 g/mol. The van der Waals surface area contributed by atoms with E-state index in [4.69, 9.17) is 17.0 Å². The number of thiazole rings is 1. The average Bonchev–Trinajstić information content (AvgIpc) is 2.78. The molecule has 6 heteroatoms. The zero-order valence-electron chi connectivity index (χ0n) is 10.8. The fraction of sp³-hybridized carbons (Fsp3) is 0.143. The number of pyridine rings is 1. The van der Waals surface area contributed by atoms with Gasteiger partial charge in [-0.1, -0.05) is 23.5 Å². The van der Waals surface area contributed by atoms with Gasteiger partial charge in [0.15, 0.2) is 3.95 Å². The molecule has 0 aliphatic carbocycles. The van der Waals surface area contributed by atoms with Crippen LogP contribution in [0.25, 0.3) is 10.2 Å². The summed E-state index contributed by atoms with van der Waals surface area (Å²) in [5.74, 6) is 0.823. The maximum Gasteiger partial charge on any atom is 0.267 e. The summed E-state index contributed by atoms with van der Waals surface area (Å²) in [6, 6.07) is 9.71. The summed E-state index contributed by atoms with van der Waals surface area (Å²) in [6.45, 7) is 0.645. The van der Waals surface area contributed by atoms with E-state index in [0.717, 1.165) is 16.8 Å². The number of rotatable bonds is 3. The van der Waals surface area contributed by atoms with Crippen molar-refractivity contribution in [1.29, 1.82) is 0 Å². The predicted molar refractivity (Wildman–Crippen MR) is 83.4 cm³/mol. The summed E-state index contributed by atoms with van der Waals surface area (Å²) < 4.78 is 8.50. The topological polar surface area (TPSA) is 47.0 Å². The zero-order valence-corrected chi connectivity index (χ0v) is 12.4. The van der Waals surface area contributed by atoms with Crippen LogP contribution in [0, 0.1) is 3.95 Å². The van der Waals surface area contributed by atoms with Crippen molar-refractivity contribution in [2.24, 2.45) is 0 Å². The Bertz CT molecular complexity index is 859. The van der Waals surface area contributed by atoms with Crippen LogP contribution in [0.4, 0.5) is 0 Å². The summed E-state index contributed by atoms with van der Waals surface area (Å²) in [5, 5.41) is 0. The van der Waals surface area contributed by atoms with Gasteiger partial charge in [-0.3, -0.25) is 4.79 Å². The number of methoxy groups -OCH3 is 1. The van der Waals surface area contributed by atoms with E-state index >= 15 is 0 Å². The minimum atomic E-state index is -0.0907. The molecule has 2 aromatic heterocycles. The van der Waals surface area contributed by atoms with Crippen LogP contribution in [-0.4, -0.2) is 16.7 Å². The van der Waals surface area contributed by atoms with Crippen molar-refractivity contribution in [3.8, 4) is 5.75 Å². The van der Waals surface area contributed by atoms with Gasteiger partial charge in [-0.2, -0.15) is 0 Å². The summed E-state index contributed by atoms with van der Waals surface area (Å²) in [4.78, 5) is 14.4. The number of H-pyrrole nitrogens is 1. The number of hydrogen-bond donors (Lipinski definition) is 1. The van der Waals surface area contributed by atoms with E-state index in [9.17, 15) is 4.79 Å². The quantitative estimate of drug-likeness (QED) is 0.756. The van der Waals surface area contributed by atoms with Gasteiger partial charge in [0.05, 0.1) is 12.6 Å². The Labute approximate surface area is 124 Å². The minimum absolute atomic E-state index is 0.0907. The molecule has 0 fully saturated rings. The van der Waals surface area contributed by atoms with Crippen LogP contribution in [0.15, 0.2) is 41.3 Å². The number of nitrogens with zero attached hydrogens (tertiary/aromatic N) is 1. The first-order valence-corrected chi connectivity index (χ1v) is 7.25. The third-order valence-corrected chi connectivity index (χ3v) is 4.56. The fourth-order valence-electron chi connectivity index (χ4n) is 2.07. The van der Waals surface area contributed by atoms with E-state index in [1.54, 1.807) is 13.3 Å². The van der Waals surface area contributed by atoms with Crippen molar-refractivity contribution in [3.05, 3.63) is 56.4 Å². The van der Waals surface area contributed by atoms with E-state index in [1.165, 1.54) is 11.3 Å². The van der Waals surface area contributed by atoms with Crippen molar-refractivity contribution in [2.45, 2.75) is 6.54 Å². The number of benzene rings is 1. The van der Waals surface area contributed by atoms with E-state index < -0.39 is 0 Å². The molecule has 20 heavy (non-hydrogen) atoms. The molecule has 2 heterocycles. The highest BCUT2D eigenvalue weighted by atomic mass is 32.1. The van der Waals surface area contributed by atoms with Crippen molar-refractivity contribution < 1.29 is 4.74 Å². The molecule has 0 aliphatic rings. The van der Waals surface area contributed by atoms with Crippen LogP contribution in [0.2, 0.25) is 0 Å². The highest BCUT2D eigenvalue weighted by molar-refractivity contribution is 7.73. The van der Waals surface area contributed by atoms with Crippen molar-refractivity contribution in [1.82, 2.24) is 9.55 Å². The van der Waals surface area contributed by atoms with Gasteiger partial charge in [0.25, 0.3) is 5.56 Å². The molecule has 1 aromatic carbocycles. The van der Waals surface area contributed by atoms with Crippen LogP contribution in [-0.2, 0) is 6.54 Å². The van der Waals surface area contributed by atoms with Crippen molar-refractivity contribution >= 4 is 33.8 Å². The SMILES string of the molecule is COc1ccc(Cn2c(=S)sc3c(=O)[nH]ccc32)cc1. The number of aromatic nitrogens is 2. The Morgan fingerprint density at radius 1 is 1.30 bits per heavy atom. The van der Waals surface area contributed by atoms with Gasteiger partial charge in [-0.05, 0) is 36.0 Å². The van der Waals surface area contributed by atoms with Crippen LogP contribution < -0.4 is 10.3 Å². The van der Waals surface area contributed by atoms with Crippen LogP contribution in [0.3, 0.4) is 0 Å². The third-order valence-electron chi connectivity index (χ3n) is 3.09. The molecule has 0 saturated carbocycles. The number of aromatic amines is 1. The number of nitrogens with one attached hydrogen (secondary N) is 1. The first-order chi connectivity index (χ1) is 9.69. The molecule has 0 spiro atoms. The lowest BCUT2D eigenvalue weighted by Crippen LogP contribution is -2.05. The Morgan fingerprint density at radius 3 is 2.75 bits per heavy atom. The second-order valence-electron chi connectivity index (χ2n) is 4.32. The lowest BCUT2D eigenvalue weighted by Gasteiger charge is -2.06. The molecule has 4 nitrogen and oxygen atoms in total. The molecule has 0 aliphatic heterocycles. The van der Waals surface area contributed by atoms with Crippen LogP contribution in [0.1, 0.15) is 5.56 Å². The molecule has 0 saturated heterocycles. The second-order valence-corrected chi connectivity index (χ2v) is 5.97. The zero-order chi connectivity index (χ0) is 14.1. The van der Waals surface area contributed by atoms with Crippen molar-refractivity contribution in [3.63, 3.8) is 0 Å². The minimum Gasteiger partial charge on any atom is -0.497 e. The highest BCUT2D eigenvalue weighted by Crippen LogP contribution is 2.21. The smallest absolute Gasteiger partial charge is 0.267 e. The summed E-state index contributed by atoms with van der Waals surface area (Å²) in [5.41, 5.74) is 1.90.